The fraction of sp³-hybridized carbons (Fsp3) is 0.500. The van der Waals surface area contributed by atoms with E-state index in [0.717, 1.165) is 30.5 Å². The molecule has 0 spiro atoms. The molecule has 0 heterocycles. The average Bonchev–Trinajstić information content (AvgIpc) is 2.32. The van der Waals surface area contributed by atoms with Crippen LogP contribution in [0, 0.1) is 12.7 Å². The minimum Gasteiger partial charge on any atom is -0.356 e. The van der Waals surface area contributed by atoms with Gasteiger partial charge in [-0.25, -0.2) is 4.39 Å². The molecule has 3 nitrogen and oxygen atoms in total. The van der Waals surface area contributed by atoms with Gasteiger partial charge in [0.05, 0.1) is 0 Å². The van der Waals surface area contributed by atoms with E-state index in [1.165, 1.54) is 12.1 Å². The second-order valence-corrected chi connectivity index (χ2v) is 4.38. The molecule has 0 aliphatic carbocycles. The number of carbonyl (C=O) groups is 1. The van der Waals surface area contributed by atoms with E-state index in [0.29, 0.717) is 13.0 Å². The number of halogens is 2. The van der Waals surface area contributed by atoms with Crippen LogP contribution >= 0.6 is 12.4 Å². The highest BCUT2D eigenvalue weighted by atomic mass is 35.5. The zero-order valence-electron chi connectivity index (χ0n) is 11.5. The van der Waals surface area contributed by atoms with Crippen molar-refractivity contribution in [3.63, 3.8) is 0 Å². The molecule has 0 saturated heterocycles. The van der Waals surface area contributed by atoms with Gasteiger partial charge in [0.25, 0.3) is 0 Å². The summed E-state index contributed by atoms with van der Waals surface area (Å²) in [6, 6.07) is 4.75. The van der Waals surface area contributed by atoms with Gasteiger partial charge in [-0.1, -0.05) is 6.07 Å². The van der Waals surface area contributed by atoms with Gasteiger partial charge >= 0.3 is 0 Å². The summed E-state index contributed by atoms with van der Waals surface area (Å²) in [4.78, 5) is 11.4. The lowest BCUT2D eigenvalue weighted by atomic mass is 10.1. The highest BCUT2D eigenvalue weighted by molar-refractivity contribution is 5.85. The third-order valence-corrected chi connectivity index (χ3v) is 2.85. The van der Waals surface area contributed by atoms with Crippen LogP contribution in [0.25, 0.3) is 0 Å². The second-order valence-electron chi connectivity index (χ2n) is 4.38. The number of rotatable bonds is 7. The third kappa shape index (κ3) is 7.13. The molecule has 5 heteroatoms. The number of amides is 1. The first-order valence-electron chi connectivity index (χ1n) is 6.30. The summed E-state index contributed by atoms with van der Waals surface area (Å²) in [7, 11) is 1.87. The Labute approximate surface area is 120 Å². The van der Waals surface area contributed by atoms with E-state index in [1.807, 2.05) is 14.0 Å². The van der Waals surface area contributed by atoms with E-state index < -0.39 is 0 Å². The number of carbonyl (C=O) groups excluding carboxylic acids is 1. The highest BCUT2D eigenvalue weighted by Gasteiger charge is 2.02. The van der Waals surface area contributed by atoms with Gasteiger partial charge in [0, 0.05) is 13.0 Å². The van der Waals surface area contributed by atoms with Gasteiger partial charge in [-0.3, -0.25) is 4.79 Å². The summed E-state index contributed by atoms with van der Waals surface area (Å²) in [6.45, 7) is 3.34. The SMILES string of the molecule is CNCCCC(=O)NCCc1ccc(F)cc1C.Cl. The molecule has 1 amide bonds. The first-order valence-corrected chi connectivity index (χ1v) is 6.30. The number of nitrogens with one attached hydrogen (secondary N) is 2. The number of benzene rings is 1. The van der Waals surface area contributed by atoms with Crippen LogP contribution in [0.2, 0.25) is 0 Å². The van der Waals surface area contributed by atoms with Crippen LogP contribution < -0.4 is 10.6 Å². The predicted octanol–water partition coefficient (Wildman–Crippen LogP) is 2.21. The minimum atomic E-state index is -0.215. The van der Waals surface area contributed by atoms with E-state index in [4.69, 9.17) is 0 Å². The molecule has 0 aliphatic rings. The van der Waals surface area contributed by atoms with Crippen LogP contribution in [0.1, 0.15) is 24.0 Å². The number of hydrogen-bond donors (Lipinski definition) is 2. The monoisotopic (exact) mass is 288 g/mol. The van der Waals surface area contributed by atoms with E-state index in [1.54, 1.807) is 6.07 Å². The van der Waals surface area contributed by atoms with E-state index in [9.17, 15) is 9.18 Å². The van der Waals surface area contributed by atoms with Crippen molar-refractivity contribution in [2.75, 3.05) is 20.1 Å². The van der Waals surface area contributed by atoms with Crippen LogP contribution in [0.3, 0.4) is 0 Å². The summed E-state index contributed by atoms with van der Waals surface area (Å²) >= 11 is 0. The fourth-order valence-electron chi connectivity index (χ4n) is 1.79. The maximum atomic E-state index is 12.9. The Balaban J connectivity index is 0.00000324. The second kappa shape index (κ2) is 9.75. The van der Waals surface area contributed by atoms with Gasteiger partial charge in [-0.2, -0.15) is 0 Å². The number of hydrogen-bond acceptors (Lipinski definition) is 2. The van der Waals surface area contributed by atoms with Crippen molar-refractivity contribution in [3.05, 3.63) is 35.1 Å². The zero-order chi connectivity index (χ0) is 13.4. The Bertz CT molecular complexity index is 399. The molecule has 0 atom stereocenters. The van der Waals surface area contributed by atoms with Crippen molar-refractivity contribution in [1.82, 2.24) is 10.6 Å². The summed E-state index contributed by atoms with van der Waals surface area (Å²) in [5.74, 6) is -0.141. The minimum absolute atomic E-state index is 0. The lowest BCUT2D eigenvalue weighted by Gasteiger charge is -2.07. The molecule has 0 radical (unpaired) electrons. The zero-order valence-corrected chi connectivity index (χ0v) is 12.3. The summed E-state index contributed by atoms with van der Waals surface area (Å²) in [5, 5.41) is 5.87. The van der Waals surface area contributed by atoms with Crippen molar-refractivity contribution in [2.24, 2.45) is 0 Å². The Morgan fingerprint density at radius 2 is 2.05 bits per heavy atom. The molecule has 19 heavy (non-hydrogen) atoms. The third-order valence-electron chi connectivity index (χ3n) is 2.85. The summed E-state index contributed by atoms with van der Waals surface area (Å²) < 4.78 is 12.9. The molecule has 1 aromatic carbocycles. The van der Waals surface area contributed by atoms with Crippen LogP contribution in [0.15, 0.2) is 18.2 Å². The van der Waals surface area contributed by atoms with Gasteiger partial charge < -0.3 is 10.6 Å². The van der Waals surface area contributed by atoms with Crippen molar-refractivity contribution in [3.8, 4) is 0 Å². The quantitative estimate of drug-likeness (QED) is 0.756. The lowest BCUT2D eigenvalue weighted by Crippen LogP contribution is -2.26. The van der Waals surface area contributed by atoms with Gasteiger partial charge in [0.2, 0.25) is 5.91 Å². The van der Waals surface area contributed by atoms with Gasteiger partial charge in [0.1, 0.15) is 5.82 Å². The van der Waals surface area contributed by atoms with Gasteiger partial charge in [0.15, 0.2) is 0 Å². The smallest absolute Gasteiger partial charge is 0.220 e. The largest absolute Gasteiger partial charge is 0.356 e. The highest BCUT2D eigenvalue weighted by Crippen LogP contribution is 2.10. The van der Waals surface area contributed by atoms with E-state index in [-0.39, 0.29) is 24.1 Å². The van der Waals surface area contributed by atoms with Crippen molar-refractivity contribution in [1.29, 1.82) is 0 Å². The average molecular weight is 289 g/mol. The van der Waals surface area contributed by atoms with E-state index in [2.05, 4.69) is 10.6 Å². The normalized spacial score (nSPS) is 9.84. The topological polar surface area (TPSA) is 41.1 Å². The van der Waals surface area contributed by atoms with Crippen molar-refractivity contribution < 1.29 is 9.18 Å². The molecule has 0 aliphatic heterocycles. The Kier molecular flexibility index (Phi) is 9.17. The first-order chi connectivity index (χ1) is 8.63. The molecule has 108 valence electrons. The van der Waals surface area contributed by atoms with Crippen LogP contribution in [-0.4, -0.2) is 26.0 Å². The lowest BCUT2D eigenvalue weighted by molar-refractivity contribution is -0.121. The molecule has 1 rings (SSSR count). The Morgan fingerprint density at radius 3 is 2.68 bits per heavy atom. The van der Waals surface area contributed by atoms with Gasteiger partial charge in [-0.05, 0) is 56.6 Å². The molecule has 0 bridgehead atoms. The van der Waals surface area contributed by atoms with Crippen LogP contribution in [0.4, 0.5) is 4.39 Å². The number of aryl methyl sites for hydroxylation is 1. The maximum absolute atomic E-state index is 12.9. The molecule has 2 N–H and O–H groups in total. The fourth-order valence-corrected chi connectivity index (χ4v) is 1.79. The molecular weight excluding hydrogens is 267 g/mol. The standard InChI is InChI=1S/C14H21FN2O.ClH/c1-11-10-13(15)6-5-12(11)7-9-17-14(18)4-3-8-16-2;/h5-6,10,16H,3-4,7-9H2,1-2H3,(H,17,18);1H. The molecule has 0 fully saturated rings. The Hall–Kier alpha value is -1.13. The Morgan fingerprint density at radius 1 is 1.32 bits per heavy atom. The summed E-state index contributed by atoms with van der Waals surface area (Å²) in [6.07, 6.45) is 2.13. The summed E-state index contributed by atoms with van der Waals surface area (Å²) in [5.41, 5.74) is 2.01. The first kappa shape index (κ1) is 17.9. The van der Waals surface area contributed by atoms with Crippen LogP contribution in [-0.2, 0) is 11.2 Å². The van der Waals surface area contributed by atoms with E-state index >= 15 is 0 Å². The molecule has 0 aromatic heterocycles. The molecule has 0 saturated carbocycles. The van der Waals surface area contributed by atoms with Gasteiger partial charge in [-0.15, -0.1) is 12.4 Å². The van der Waals surface area contributed by atoms with Crippen LogP contribution in [0.5, 0.6) is 0 Å². The maximum Gasteiger partial charge on any atom is 0.220 e. The van der Waals surface area contributed by atoms with Crippen molar-refractivity contribution >= 4 is 18.3 Å². The molecule has 0 unspecified atom stereocenters. The van der Waals surface area contributed by atoms with Crippen molar-refractivity contribution in [2.45, 2.75) is 26.2 Å². The molecular formula is C14H22ClFN2O. The molecule has 1 aromatic rings. The predicted molar refractivity (Wildman–Crippen MR) is 78.3 cm³/mol.